The zero-order chi connectivity index (χ0) is 32.9. The molecular formula is C32H51NO11. The Labute approximate surface area is 260 Å². The zero-order valence-corrected chi connectivity index (χ0v) is 28.0. The number of esters is 2. The van der Waals surface area contributed by atoms with Crippen molar-refractivity contribution in [3.05, 3.63) is 0 Å². The van der Waals surface area contributed by atoms with Gasteiger partial charge in [-0.15, -0.1) is 0 Å². The van der Waals surface area contributed by atoms with Gasteiger partial charge in [0.2, 0.25) is 0 Å². The molecule has 0 unspecified atom stereocenters. The number of fused-ring (bicyclic) bond motifs is 2. The number of ether oxygens (including phenoxy) is 7. The summed E-state index contributed by atoms with van der Waals surface area (Å²) in [5.74, 6) is -4.03. The van der Waals surface area contributed by atoms with E-state index in [-0.39, 0.29) is 23.8 Å². The predicted molar refractivity (Wildman–Crippen MR) is 156 cm³/mol. The van der Waals surface area contributed by atoms with E-state index >= 15 is 0 Å². The first-order chi connectivity index (χ1) is 20.4. The number of cyclic esters (lactones) is 3. The van der Waals surface area contributed by atoms with Gasteiger partial charge in [-0.05, 0) is 67.0 Å². The van der Waals surface area contributed by atoms with Crippen LogP contribution in [0.2, 0.25) is 0 Å². The highest BCUT2D eigenvalue weighted by atomic mass is 16.8. The maximum atomic E-state index is 14.0. The number of rotatable bonds is 6. The molecule has 0 aliphatic carbocycles. The van der Waals surface area contributed by atoms with Crippen LogP contribution in [0.25, 0.3) is 0 Å². The van der Waals surface area contributed by atoms with Crippen molar-refractivity contribution in [3.8, 4) is 0 Å². The van der Waals surface area contributed by atoms with Gasteiger partial charge in [0, 0.05) is 18.8 Å². The SMILES string of the molecule is CC[C@H]1OC(=O)O[C@@]1(C)[C@@H]1OC(=O)[C@H](C)C(=O)[C@H](C)[C@@H](O[C@@H]2O[C@H](C)C[C@H](N(C)C)[C@H]2OC(C)=O)[C@@]2(C)C[C@@H](C)[C@H](O2)[C@@H]1C. The number of nitrogens with zero attached hydrogens (tertiary/aromatic N) is 1. The van der Waals surface area contributed by atoms with Gasteiger partial charge in [-0.3, -0.25) is 14.4 Å². The Morgan fingerprint density at radius 1 is 1.05 bits per heavy atom. The second kappa shape index (κ2) is 12.8. The average molecular weight is 626 g/mol. The fourth-order valence-electron chi connectivity index (χ4n) is 7.97. The zero-order valence-electron chi connectivity index (χ0n) is 28.0. The van der Waals surface area contributed by atoms with Crippen molar-refractivity contribution in [1.29, 1.82) is 0 Å². The van der Waals surface area contributed by atoms with Gasteiger partial charge in [0.15, 0.2) is 23.8 Å². The Balaban J connectivity index is 1.76. The molecule has 4 rings (SSSR count). The predicted octanol–water partition coefficient (Wildman–Crippen LogP) is 3.66. The minimum Gasteiger partial charge on any atom is -0.457 e. The molecule has 0 aromatic heterocycles. The van der Waals surface area contributed by atoms with E-state index in [9.17, 15) is 19.2 Å². The Kier molecular flexibility index (Phi) is 10.1. The van der Waals surface area contributed by atoms with Crippen LogP contribution in [0.5, 0.6) is 0 Å². The second-order valence-corrected chi connectivity index (χ2v) is 14.0. The van der Waals surface area contributed by atoms with Crippen molar-refractivity contribution >= 4 is 23.9 Å². The topological polar surface area (TPSA) is 136 Å². The van der Waals surface area contributed by atoms with Gasteiger partial charge in [0.25, 0.3) is 0 Å². The van der Waals surface area contributed by atoms with Crippen LogP contribution in [0.4, 0.5) is 4.79 Å². The summed E-state index contributed by atoms with van der Waals surface area (Å²) >= 11 is 0. The Morgan fingerprint density at radius 2 is 1.70 bits per heavy atom. The summed E-state index contributed by atoms with van der Waals surface area (Å²) in [4.78, 5) is 54.1. The summed E-state index contributed by atoms with van der Waals surface area (Å²) in [6, 6.07) is -0.191. The van der Waals surface area contributed by atoms with Crippen molar-refractivity contribution < 1.29 is 52.3 Å². The van der Waals surface area contributed by atoms with E-state index < -0.39 is 83.9 Å². The van der Waals surface area contributed by atoms with Gasteiger partial charge >= 0.3 is 18.1 Å². The molecule has 4 saturated heterocycles. The maximum Gasteiger partial charge on any atom is 0.509 e. The molecule has 0 amide bonds. The maximum absolute atomic E-state index is 14.0. The average Bonchev–Trinajstić information content (AvgIpc) is 3.42. The molecule has 12 nitrogen and oxygen atoms in total. The van der Waals surface area contributed by atoms with Crippen LogP contribution in [0, 0.1) is 23.7 Å². The van der Waals surface area contributed by atoms with E-state index in [1.54, 1.807) is 13.8 Å². The van der Waals surface area contributed by atoms with Crippen LogP contribution in [0.15, 0.2) is 0 Å². The lowest BCUT2D eigenvalue weighted by Gasteiger charge is -2.46. The number of carbonyl (C=O) groups excluding carboxylic acids is 4. The monoisotopic (exact) mass is 625 g/mol. The van der Waals surface area contributed by atoms with Crippen LogP contribution >= 0.6 is 0 Å². The number of Topliss-reactive ketones (excluding diaryl/α,β-unsaturated/α-hetero) is 1. The molecule has 250 valence electrons. The van der Waals surface area contributed by atoms with Crippen LogP contribution < -0.4 is 0 Å². The molecule has 0 aromatic carbocycles. The number of ketones is 1. The van der Waals surface area contributed by atoms with Crippen molar-refractivity contribution in [3.63, 3.8) is 0 Å². The molecule has 4 fully saturated rings. The smallest absolute Gasteiger partial charge is 0.457 e. The summed E-state index contributed by atoms with van der Waals surface area (Å²) in [5, 5.41) is 0. The quantitative estimate of drug-likeness (QED) is 0.242. The molecule has 0 aromatic rings. The summed E-state index contributed by atoms with van der Waals surface area (Å²) < 4.78 is 42.9. The summed E-state index contributed by atoms with van der Waals surface area (Å²) in [7, 11) is 3.81. The second-order valence-electron chi connectivity index (χ2n) is 14.0. The molecular weight excluding hydrogens is 574 g/mol. The molecule has 0 spiro atoms. The van der Waals surface area contributed by atoms with E-state index in [0.29, 0.717) is 19.3 Å². The third-order valence-corrected chi connectivity index (χ3v) is 10.2. The highest BCUT2D eigenvalue weighted by molar-refractivity contribution is 6.00. The first-order valence-electron chi connectivity index (χ1n) is 15.9. The fourth-order valence-corrected chi connectivity index (χ4v) is 7.97. The molecule has 2 bridgehead atoms. The van der Waals surface area contributed by atoms with Gasteiger partial charge in [-0.1, -0.05) is 27.7 Å². The van der Waals surface area contributed by atoms with Gasteiger partial charge < -0.3 is 38.1 Å². The van der Waals surface area contributed by atoms with E-state index in [4.69, 9.17) is 33.2 Å². The Bertz CT molecular complexity index is 1110. The normalized spacial score (nSPS) is 46.6. The Morgan fingerprint density at radius 3 is 2.30 bits per heavy atom. The number of carbonyl (C=O) groups is 4. The third kappa shape index (κ3) is 6.37. The minimum atomic E-state index is -1.29. The minimum absolute atomic E-state index is 0.0480. The molecule has 12 heteroatoms. The molecule has 0 radical (unpaired) electrons. The fraction of sp³-hybridized carbons (Fsp3) is 0.875. The number of hydrogen-bond acceptors (Lipinski definition) is 12. The highest BCUT2D eigenvalue weighted by Crippen LogP contribution is 2.48. The lowest BCUT2D eigenvalue weighted by Crippen LogP contribution is -2.59. The first-order valence-corrected chi connectivity index (χ1v) is 15.9. The Hall–Kier alpha value is -2.28. The lowest BCUT2D eigenvalue weighted by atomic mass is 9.76. The van der Waals surface area contributed by atoms with Gasteiger partial charge in [0.1, 0.15) is 18.1 Å². The van der Waals surface area contributed by atoms with E-state index in [0.717, 1.165) is 0 Å². The van der Waals surface area contributed by atoms with Crippen molar-refractivity contribution in [2.24, 2.45) is 23.7 Å². The third-order valence-electron chi connectivity index (χ3n) is 10.2. The van der Waals surface area contributed by atoms with Gasteiger partial charge in [-0.25, -0.2) is 4.79 Å². The summed E-state index contributed by atoms with van der Waals surface area (Å²) in [6.45, 7) is 15.9. The van der Waals surface area contributed by atoms with E-state index in [2.05, 4.69) is 0 Å². The molecule has 14 atom stereocenters. The van der Waals surface area contributed by atoms with Crippen LogP contribution in [-0.2, 0) is 47.5 Å². The molecule has 4 aliphatic rings. The van der Waals surface area contributed by atoms with Gasteiger partial charge in [-0.2, -0.15) is 0 Å². The first kappa shape index (κ1) is 34.6. The van der Waals surface area contributed by atoms with Crippen molar-refractivity contribution in [2.75, 3.05) is 14.1 Å². The van der Waals surface area contributed by atoms with E-state index in [1.165, 1.54) is 13.8 Å². The summed E-state index contributed by atoms with van der Waals surface area (Å²) in [6.07, 6.45) is -4.09. The van der Waals surface area contributed by atoms with E-state index in [1.807, 2.05) is 53.6 Å². The lowest BCUT2D eigenvalue weighted by molar-refractivity contribution is -0.298. The molecule has 0 N–H and O–H groups in total. The molecule has 4 heterocycles. The van der Waals surface area contributed by atoms with Crippen LogP contribution in [0.3, 0.4) is 0 Å². The highest BCUT2D eigenvalue weighted by Gasteiger charge is 2.61. The summed E-state index contributed by atoms with van der Waals surface area (Å²) in [5.41, 5.74) is -2.27. The molecule has 4 aliphatic heterocycles. The molecule has 44 heavy (non-hydrogen) atoms. The standard InChI is InChI=1S/C32H51NO11/c1-12-22-32(9,44-30(37)40-22)27-19(6)24-15(2)14-31(8,43-24)26(17(4)23(35)18(5)28(36)41-27)42-29-25(39-20(7)34)21(33(10)11)13-16(3)38-29/h15-19,21-22,24-27,29H,12-14H2,1-11H3/t15-,16-,17+,18-,19+,21+,22-,24+,25-,26-,27-,29+,31-,32-/m1/s1. The van der Waals surface area contributed by atoms with Gasteiger partial charge in [0.05, 0.1) is 30.0 Å². The van der Waals surface area contributed by atoms with Crippen molar-refractivity contribution in [1.82, 2.24) is 4.90 Å². The number of hydrogen-bond donors (Lipinski definition) is 0. The molecule has 0 saturated carbocycles. The van der Waals surface area contributed by atoms with Crippen LogP contribution in [-0.4, -0.2) is 103 Å². The largest absolute Gasteiger partial charge is 0.509 e. The van der Waals surface area contributed by atoms with Crippen LogP contribution in [0.1, 0.15) is 81.6 Å². The number of likely N-dealkylation sites (N-methyl/N-ethyl adjacent to an activating group) is 1. The van der Waals surface area contributed by atoms with Crippen molar-refractivity contribution in [2.45, 2.75) is 142 Å².